The van der Waals surface area contributed by atoms with Gasteiger partial charge in [0.25, 0.3) is 5.52 Å². The largest absolute Gasteiger partial charge is 0.359 e. The smallest absolute Gasteiger partial charge is 0.251 e. The molecule has 0 aliphatic heterocycles. The predicted octanol–water partition coefficient (Wildman–Crippen LogP) is 1.08. The number of nitrogens with zero attached hydrogens (tertiary/aromatic N) is 2. The summed E-state index contributed by atoms with van der Waals surface area (Å²) in [5.74, 6) is 0. The summed E-state index contributed by atoms with van der Waals surface area (Å²) in [6, 6.07) is 3.72. The van der Waals surface area contributed by atoms with Crippen molar-refractivity contribution in [3.63, 3.8) is 0 Å². The summed E-state index contributed by atoms with van der Waals surface area (Å²) >= 11 is 0. The summed E-state index contributed by atoms with van der Waals surface area (Å²) in [5.41, 5.74) is 3.12. The Morgan fingerprint density at radius 1 is 1.42 bits per heavy atom. The van der Waals surface area contributed by atoms with Crippen LogP contribution in [0.3, 0.4) is 0 Å². The van der Waals surface area contributed by atoms with E-state index in [1.54, 1.807) is 6.07 Å². The molecule has 2 rings (SSSR count). The molecule has 0 saturated carbocycles. The molecule has 1 aromatic heterocycles. The second-order valence-electron chi connectivity index (χ2n) is 2.88. The van der Waals surface area contributed by atoms with Crippen LogP contribution in [0.4, 0.5) is 0 Å². The third-order valence-corrected chi connectivity index (χ3v) is 1.83. The molecule has 0 saturated heterocycles. The minimum Gasteiger partial charge on any atom is -0.359 e. The Bertz CT molecular complexity index is 434. The molecule has 4 heteroatoms. The molecule has 0 atom stereocenters. The van der Waals surface area contributed by atoms with Gasteiger partial charge >= 0.3 is 0 Å². The summed E-state index contributed by atoms with van der Waals surface area (Å²) in [4.78, 5) is 0.426. The van der Waals surface area contributed by atoms with E-state index in [0.717, 1.165) is 11.1 Å². The number of fused-ring (bicyclic) bond motifs is 1. The van der Waals surface area contributed by atoms with Crippen LogP contribution >= 0.6 is 0 Å². The van der Waals surface area contributed by atoms with E-state index in [9.17, 15) is 5.21 Å². The normalized spacial score (nSPS) is 10.8. The first-order chi connectivity index (χ1) is 5.68. The van der Waals surface area contributed by atoms with Gasteiger partial charge in [-0.05, 0) is 30.4 Å². The fraction of sp³-hybridized carbons (Fsp3) is 0.250. The topological polar surface area (TPSA) is 53.0 Å². The van der Waals surface area contributed by atoms with E-state index >= 15 is 0 Å². The number of aromatic nitrogens is 2. The van der Waals surface area contributed by atoms with Crippen LogP contribution in [0.25, 0.3) is 11.0 Å². The molecule has 0 bridgehead atoms. The van der Waals surface area contributed by atoms with Crippen molar-refractivity contribution in [1.82, 2.24) is 5.16 Å². The van der Waals surface area contributed by atoms with Gasteiger partial charge in [-0.25, -0.2) is 0 Å². The van der Waals surface area contributed by atoms with Crippen LogP contribution in [0.2, 0.25) is 0 Å². The van der Waals surface area contributed by atoms with Crippen molar-refractivity contribution in [3.05, 3.63) is 28.5 Å². The van der Waals surface area contributed by atoms with Crippen LogP contribution in [-0.4, -0.2) is 5.16 Å². The summed E-state index contributed by atoms with van der Waals surface area (Å²) in [7, 11) is 0. The zero-order valence-corrected chi connectivity index (χ0v) is 6.87. The molecular weight excluding hydrogens is 156 g/mol. The summed E-state index contributed by atoms with van der Waals surface area (Å²) in [6.45, 7) is 3.83. The minimum atomic E-state index is 0.426. The van der Waals surface area contributed by atoms with Crippen molar-refractivity contribution in [1.29, 1.82) is 0 Å². The molecule has 0 aliphatic carbocycles. The molecule has 0 radical (unpaired) electrons. The molecule has 62 valence electrons. The zero-order chi connectivity index (χ0) is 8.72. The van der Waals surface area contributed by atoms with Gasteiger partial charge in [0.1, 0.15) is 0 Å². The lowest BCUT2D eigenvalue weighted by molar-refractivity contribution is -0.782. The third kappa shape index (κ3) is 0.845. The third-order valence-electron chi connectivity index (χ3n) is 1.83. The van der Waals surface area contributed by atoms with Gasteiger partial charge < -0.3 is 5.21 Å². The van der Waals surface area contributed by atoms with Gasteiger partial charge in [0.15, 0.2) is 0 Å². The number of aryl methyl sites for hydroxylation is 2. The lowest BCUT2D eigenvalue weighted by Crippen LogP contribution is -2.22. The van der Waals surface area contributed by atoms with E-state index in [1.807, 2.05) is 19.9 Å². The van der Waals surface area contributed by atoms with Crippen molar-refractivity contribution < 1.29 is 9.53 Å². The van der Waals surface area contributed by atoms with Gasteiger partial charge in [0, 0.05) is 10.7 Å². The predicted molar refractivity (Wildman–Crippen MR) is 42.4 cm³/mol. The highest BCUT2D eigenvalue weighted by molar-refractivity contribution is 5.75. The van der Waals surface area contributed by atoms with Crippen molar-refractivity contribution in [2.45, 2.75) is 13.8 Å². The first-order valence-electron chi connectivity index (χ1n) is 3.65. The molecular formula is C8H8N2O2. The van der Waals surface area contributed by atoms with Crippen LogP contribution < -0.4 is 4.90 Å². The van der Waals surface area contributed by atoms with Crippen molar-refractivity contribution >= 4 is 11.0 Å². The molecule has 0 aliphatic rings. The highest BCUT2D eigenvalue weighted by atomic mass is 16.8. The Labute approximate surface area is 68.9 Å². The second-order valence-corrected chi connectivity index (χ2v) is 2.88. The zero-order valence-electron chi connectivity index (χ0n) is 6.87. The molecule has 0 amide bonds. The molecule has 0 spiro atoms. The first kappa shape index (κ1) is 7.09. The van der Waals surface area contributed by atoms with E-state index in [4.69, 9.17) is 0 Å². The summed E-state index contributed by atoms with van der Waals surface area (Å²) in [5, 5.41) is 14.6. The van der Waals surface area contributed by atoms with Crippen LogP contribution in [0.15, 0.2) is 16.8 Å². The van der Waals surface area contributed by atoms with E-state index < -0.39 is 0 Å². The fourth-order valence-corrected chi connectivity index (χ4v) is 1.32. The van der Waals surface area contributed by atoms with Crippen LogP contribution in [-0.2, 0) is 0 Å². The quantitative estimate of drug-likeness (QED) is 0.547. The van der Waals surface area contributed by atoms with Gasteiger partial charge in [-0.3, -0.25) is 4.63 Å². The van der Waals surface area contributed by atoms with E-state index in [0.29, 0.717) is 15.9 Å². The van der Waals surface area contributed by atoms with Gasteiger partial charge in [-0.2, -0.15) is 0 Å². The van der Waals surface area contributed by atoms with Gasteiger partial charge in [-0.15, -0.1) is 0 Å². The van der Waals surface area contributed by atoms with Gasteiger partial charge in [-0.1, -0.05) is 6.07 Å². The molecule has 1 heterocycles. The van der Waals surface area contributed by atoms with Gasteiger partial charge in [0.2, 0.25) is 5.52 Å². The monoisotopic (exact) mass is 164 g/mol. The van der Waals surface area contributed by atoms with Crippen LogP contribution in [0.5, 0.6) is 0 Å². The molecule has 0 unspecified atom stereocenters. The molecule has 0 N–H and O–H groups in total. The highest BCUT2D eigenvalue weighted by Crippen LogP contribution is 2.14. The second kappa shape index (κ2) is 2.20. The lowest BCUT2D eigenvalue weighted by atomic mass is 10.1. The average Bonchev–Trinajstić information content (AvgIpc) is 2.33. The highest BCUT2D eigenvalue weighted by Gasteiger charge is 2.11. The van der Waals surface area contributed by atoms with Crippen LogP contribution in [0.1, 0.15) is 11.1 Å². The van der Waals surface area contributed by atoms with E-state index in [-0.39, 0.29) is 0 Å². The van der Waals surface area contributed by atoms with Crippen molar-refractivity contribution in [3.8, 4) is 0 Å². The average molecular weight is 164 g/mol. The molecule has 1 aromatic carbocycles. The van der Waals surface area contributed by atoms with E-state index in [1.165, 1.54) is 0 Å². The molecule has 12 heavy (non-hydrogen) atoms. The number of benzene rings is 1. The fourth-order valence-electron chi connectivity index (χ4n) is 1.32. The minimum absolute atomic E-state index is 0.426. The number of hydrogen-bond acceptors (Lipinski definition) is 3. The molecule has 0 fully saturated rings. The maximum Gasteiger partial charge on any atom is 0.251 e. The van der Waals surface area contributed by atoms with Crippen molar-refractivity contribution in [2.75, 3.05) is 0 Å². The Hall–Kier alpha value is -1.58. The van der Waals surface area contributed by atoms with E-state index in [2.05, 4.69) is 9.79 Å². The maximum absolute atomic E-state index is 11.0. The Balaban J connectivity index is 2.92. The SMILES string of the molecule is Cc1cc(C)c2no[n+]([O-])c2c1. The Kier molecular flexibility index (Phi) is 1.30. The van der Waals surface area contributed by atoms with Gasteiger partial charge in [0.05, 0.1) is 0 Å². The maximum atomic E-state index is 11.0. The van der Waals surface area contributed by atoms with Crippen molar-refractivity contribution in [2.24, 2.45) is 0 Å². The summed E-state index contributed by atoms with van der Waals surface area (Å²) in [6.07, 6.45) is 0. The van der Waals surface area contributed by atoms with Crippen LogP contribution in [0, 0.1) is 19.1 Å². The molecule has 2 aromatic rings. The number of hydrogen-bond donors (Lipinski definition) is 0. The standard InChI is InChI=1S/C8H8N2O2/c1-5-3-6(2)8-7(4-5)10(11)12-9-8/h3-4H,1-2H3. The Morgan fingerprint density at radius 3 is 2.92 bits per heavy atom. The number of rotatable bonds is 0. The first-order valence-corrected chi connectivity index (χ1v) is 3.65. The Morgan fingerprint density at radius 2 is 2.17 bits per heavy atom. The summed E-state index contributed by atoms with van der Waals surface area (Å²) < 4.78 is 4.46. The molecule has 4 nitrogen and oxygen atoms in total. The lowest BCUT2D eigenvalue weighted by Gasteiger charge is -1.92.